The summed E-state index contributed by atoms with van der Waals surface area (Å²) in [6.07, 6.45) is 0.493. The summed E-state index contributed by atoms with van der Waals surface area (Å²) >= 11 is 0. The van der Waals surface area contributed by atoms with Gasteiger partial charge >= 0.3 is 11.9 Å². The van der Waals surface area contributed by atoms with Crippen LogP contribution in [0.3, 0.4) is 0 Å². The highest BCUT2D eigenvalue weighted by molar-refractivity contribution is 7.89. The Hall–Kier alpha value is -3.89. The molecule has 0 amide bonds. The third kappa shape index (κ3) is 8.13. The number of carbonyl (C=O) groups is 2. The molecule has 9 nitrogen and oxygen atoms in total. The molecule has 0 unspecified atom stereocenters. The van der Waals surface area contributed by atoms with E-state index in [1.807, 2.05) is 0 Å². The van der Waals surface area contributed by atoms with Gasteiger partial charge in [0.25, 0.3) is 0 Å². The molecule has 0 spiro atoms. The van der Waals surface area contributed by atoms with Gasteiger partial charge < -0.3 is 14.3 Å². The van der Waals surface area contributed by atoms with Crippen molar-refractivity contribution >= 4 is 27.6 Å². The standard InChI is InChI=1S/C25H26N2O7S/c1-2-32-25(29)20-10-12-21(13-11-20)27-34-24(28)18-33-22-14-8-19(9-15-22)16-17-26-35(30,31)23-6-4-3-5-7-23/h3-15,26-27H,2,16-18H2,1H3. The second kappa shape index (κ2) is 12.5. The van der Waals surface area contributed by atoms with Crippen LogP contribution in [0.5, 0.6) is 5.75 Å². The summed E-state index contributed by atoms with van der Waals surface area (Å²) < 4.78 is 37.4. The SMILES string of the molecule is CCOC(=O)c1ccc(NOC(=O)COc2ccc(CCNS(=O)(=O)c3ccccc3)cc2)cc1. The Morgan fingerprint density at radius 2 is 1.57 bits per heavy atom. The fraction of sp³-hybridized carbons (Fsp3) is 0.200. The lowest BCUT2D eigenvalue weighted by molar-refractivity contribution is -0.143. The van der Waals surface area contributed by atoms with Gasteiger partial charge in [0.1, 0.15) is 5.75 Å². The molecule has 3 aromatic carbocycles. The first kappa shape index (κ1) is 25.7. The van der Waals surface area contributed by atoms with E-state index in [1.165, 1.54) is 12.1 Å². The fourth-order valence-electron chi connectivity index (χ4n) is 2.94. The molecule has 0 heterocycles. The van der Waals surface area contributed by atoms with E-state index in [0.717, 1.165) is 5.56 Å². The van der Waals surface area contributed by atoms with Crippen molar-refractivity contribution in [1.82, 2.24) is 4.72 Å². The quantitative estimate of drug-likeness (QED) is 0.288. The molecule has 0 saturated carbocycles. The molecule has 2 N–H and O–H groups in total. The number of benzene rings is 3. The molecule has 0 atom stereocenters. The number of nitrogens with one attached hydrogen (secondary N) is 2. The van der Waals surface area contributed by atoms with Crippen LogP contribution >= 0.6 is 0 Å². The molecular weight excluding hydrogens is 472 g/mol. The van der Waals surface area contributed by atoms with Crippen molar-refractivity contribution in [2.75, 3.05) is 25.2 Å². The Kier molecular flexibility index (Phi) is 9.22. The van der Waals surface area contributed by atoms with E-state index in [2.05, 4.69) is 10.2 Å². The molecular formula is C25H26N2O7S. The predicted octanol–water partition coefficient (Wildman–Crippen LogP) is 3.33. The summed E-state index contributed by atoms with van der Waals surface area (Å²) in [5, 5.41) is 0. The van der Waals surface area contributed by atoms with Crippen molar-refractivity contribution in [3.63, 3.8) is 0 Å². The molecule has 0 fully saturated rings. The Morgan fingerprint density at radius 3 is 2.23 bits per heavy atom. The third-order valence-corrected chi connectivity index (χ3v) is 6.19. The molecule has 3 aromatic rings. The van der Waals surface area contributed by atoms with Gasteiger partial charge in [-0.1, -0.05) is 30.3 Å². The van der Waals surface area contributed by atoms with Crippen LogP contribution in [0.15, 0.2) is 83.8 Å². The smallest absolute Gasteiger partial charge is 0.369 e. The zero-order chi connectivity index (χ0) is 25.1. The molecule has 0 aromatic heterocycles. The first-order valence-electron chi connectivity index (χ1n) is 10.9. The molecule has 0 bridgehead atoms. The minimum absolute atomic E-state index is 0.221. The zero-order valence-electron chi connectivity index (χ0n) is 19.1. The van der Waals surface area contributed by atoms with Gasteiger partial charge in [0.2, 0.25) is 10.0 Å². The van der Waals surface area contributed by atoms with E-state index >= 15 is 0 Å². The minimum atomic E-state index is -3.54. The van der Waals surface area contributed by atoms with Crippen molar-refractivity contribution in [2.45, 2.75) is 18.2 Å². The Labute approximate surface area is 204 Å². The molecule has 10 heteroatoms. The summed E-state index contributed by atoms with van der Waals surface area (Å²) in [6, 6.07) is 21.4. The second-order valence-electron chi connectivity index (χ2n) is 7.27. The Bertz CT molecular complexity index is 1210. The van der Waals surface area contributed by atoms with Gasteiger partial charge in [0.05, 0.1) is 22.8 Å². The van der Waals surface area contributed by atoms with Crippen LogP contribution in [0.2, 0.25) is 0 Å². The van der Waals surface area contributed by atoms with Gasteiger partial charge in [-0.2, -0.15) is 0 Å². The number of ether oxygens (including phenoxy) is 2. The van der Waals surface area contributed by atoms with E-state index in [-0.39, 0.29) is 24.7 Å². The molecule has 0 saturated heterocycles. The van der Waals surface area contributed by atoms with Crippen LogP contribution in [0.1, 0.15) is 22.8 Å². The molecule has 3 rings (SSSR count). The van der Waals surface area contributed by atoms with Crippen molar-refractivity contribution in [3.8, 4) is 5.75 Å². The van der Waals surface area contributed by atoms with Gasteiger partial charge in [0.15, 0.2) is 6.61 Å². The number of rotatable bonds is 12. The summed E-state index contributed by atoms with van der Waals surface area (Å²) in [7, 11) is -3.54. The third-order valence-electron chi connectivity index (χ3n) is 4.72. The highest BCUT2D eigenvalue weighted by Crippen LogP contribution is 2.14. The van der Waals surface area contributed by atoms with Crippen LogP contribution in [0.25, 0.3) is 0 Å². The van der Waals surface area contributed by atoms with Gasteiger partial charge in [-0.05, 0) is 67.4 Å². The molecule has 0 radical (unpaired) electrons. The normalized spacial score (nSPS) is 10.9. The lowest BCUT2D eigenvalue weighted by Crippen LogP contribution is -2.25. The van der Waals surface area contributed by atoms with Gasteiger partial charge in [-0.25, -0.2) is 28.2 Å². The Morgan fingerprint density at radius 1 is 0.886 bits per heavy atom. The number of carbonyl (C=O) groups excluding carboxylic acids is 2. The maximum Gasteiger partial charge on any atom is 0.369 e. The number of hydrogen-bond donors (Lipinski definition) is 2. The largest absolute Gasteiger partial charge is 0.482 e. The highest BCUT2D eigenvalue weighted by atomic mass is 32.2. The number of anilines is 1. The van der Waals surface area contributed by atoms with Crippen LogP contribution in [-0.2, 0) is 30.8 Å². The van der Waals surface area contributed by atoms with Gasteiger partial charge in [-0.3, -0.25) is 0 Å². The zero-order valence-corrected chi connectivity index (χ0v) is 19.9. The van der Waals surface area contributed by atoms with E-state index in [0.29, 0.717) is 23.4 Å². The minimum Gasteiger partial charge on any atom is -0.482 e. The van der Waals surface area contributed by atoms with E-state index in [9.17, 15) is 18.0 Å². The maximum atomic E-state index is 12.2. The van der Waals surface area contributed by atoms with Crippen LogP contribution in [-0.4, -0.2) is 40.1 Å². The number of hydrogen-bond acceptors (Lipinski definition) is 8. The summed E-state index contributed by atoms with van der Waals surface area (Å²) in [4.78, 5) is 28.7. The lowest BCUT2D eigenvalue weighted by atomic mass is 10.1. The average molecular weight is 499 g/mol. The monoisotopic (exact) mass is 498 g/mol. The van der Waals surface area contributed by atoms with Crippen molar-refractivity contribution < 1.29 is 32.3 Å². The van der Waals surface area contributed by atoms with Gasteiger partial charge in [-0.15, -0.1) is 0 Å². The molecule has 35 heavy (non-hydrogen) atoms. The van der Waals surface area contributed by atoms with E-state index < -0.39 is 22.0 Å². The maximum absolute atomic E-state index is 12.2. The van der Waals surface area contributed by atoms with Crippen molar-refractivity contribution in [1.29, 1.82) is 0 Å². The van der Waals surface area contributed by atoms with E-state index in [1.54, 1.807) is 73.7 Å². The second-order valence-corrected chi connectivity index (χ2v) is 9.03. The van der Waals surface area contributed by atoms with Gasteiger partial charge in [0, 0.05) is 6.54 Å². The predicted molar refractivity (Wildman–Crippen MR) is 129 cm³/mol. The van der Waals surface area contributed by atoms with Crippen molar-refractivity contribution in [2.24, 2.45) is 0 Å². The summed E-state index contributed by atoms with van der Waals surface area (Å²) in [5.41, 5.74) is 4.28. The van der Waals surface area contributed by atoms with Crippen LogP contribution < -0.4 is 14.9 Å². The molecule has 0 aliphatic carbocycles. The molecule has 184 valence electrons. The Balaban J connectivity index is 1.38. The highest BCUT2D eigenvalue weighted by Gasteiger charge is 2.12. The average Bonchev–Trinajstić information content (AvgIpc) is 2.88. The fourth-order valence-corrected chi connectivity index (χ4v) is 3.99. The topological polar surface area (TPSA) is 120 Å². The number of sulfonamides is 1. The first-order chi connectivity index (χ1) is 16.9. The summed E-state index contributed by atoms with van der Waals surface area (Å²) in [5.74, 6) is -0.600. The van der Waals surface area contributed by atoms with Crippen LogP contribution in [0.4, 0.5) is 5.69 Å². The van der Waals surface area contributed by atoms with Crippen LogP contribution in [0, 0.1) is 0 Å². The molecule has 0 aliphatic rings. The van der Waals surface area contributed by atoms with E-state index in [4.69, 9.17) is 14.3 Å². The van der Waals surface area contributed by atoms with Crippen molar-refractivity contribution in [3.05, 3.63) is 90.0 Å². The lowest BCUT2D eigenvalue weighted by Gasteiger charge is -2.10. The first-order valence-corrected chi connectivity index (χ1v) is 12.3. The summed E-state index contributed by atoms with van der Waals surface area (Å²) in [6.45, 7) is 1.94. The number of esters is 1. The molecule has 0 aliphatic heterocycles.